The van der Waals surface area contributed by atoms with Crippen molar-refractivity contribution >= 4 is 27.2 Å². The van der Waals surface area contributed by atoms with Crippen molar-refractivity contribution in [2.75, 3.05) is 0 Å². The van der Waals surface area contributed by atoms with Gasteiger partial charge in [0, 0.05) is 5.56 Å². The van der Waals surface area contributed by atoms with E-state index in [0.717, 1.165) is 20.8 Å². The minimum atomic E-state index is 0.419. The Labute approximate surface area is 102 Å². The molecule has 1 heterocycles. The zero-order valence-electron chi connectivity index (χ0n) is 8.83. The van der Waals surface area contributed by atoms with Crippen LogP contribution in [0.3, 0.4) is 0 Å². The molecule has 3 nitrogen and oxygen atoms in total. The zero-order valence-corrected chi connectivity index (χ0v) is 9.65. The third kappa shape index (κ3) is 1.83. The number of hydrogen-bond donors (Lipinski definition) is 0. The molecule has 0 amide bonds. The summed E-state index contributed by atoms with van der Waals surface area (Å²) < 4.78 is 1.07. The lowest BCUT2D eigenvalue weighted by atomic mass is 10.2. The number of rotatable bonds is 2. The Morgan fingerprint density at radius 3 is 2.65 bits per heavy atom. The molecule has 0 unspecified atom stereocenters. The Morgan fingerprint density at radius 2 is 1.88 bits per heavy atom. The SMILES string of the molecule is O=Nc1ccc2sc(-c3ccccc3)nc2c1. The van der Waals surface area contributed by atoms with Crippen LogP contribution in [-0.4, -0.2) is 4.98 Å². The van der Waals surface area contributed by atoms with Crippen LogP contribution in [0.4, 0.5) is 5.69 Å². The van der Waals surface area contributed by atoms with Gasteiger partial charge in [-0.3, -0.25) is 0 Å². The van der Waals surface area contributed by atoms with Crippen LogP contribution in [-0.2, 0) is 0 Å². The molecule has 4 heteroatoms. The normalized spacial score (nSPS) is 10.6. The van der Waals surface area contributed by atoms with E-state index in [1.807, 2.05) is 36.4 Å². The monoisotopic (exact) mass is 240 g/mol. The summed E-state index contributed by atoms with van der Waals surface area (Å²) in [7, 11) is 0. The van der Waals surface area contributed by atoms with Gasteiger partial charge in [0.1, 0.15) is 10.7 Å². The van der Waals surface area contributed by atoms with Gasteiger partial charge < -0.3 is 0 Å². The Kier molecular flexibility index (Phi) is 2.42. The van der Waals surface area contributed by atoms with E-state index in [1.165, 1.54) is 0 Å². The molecule has 0 atom stereocenters. The molecular formula is C13H8N2OS. The second-order valence-electron chi connectivity index (χ2n) is 3.63. The topological polar surface area (TPSA) is 42.3 Å². The standard InChI is InChI=1S/C13H8N2OS/c16-15-10-6-7-12-11(8-10)14-13(17-12)9-4-2-1-3-5-9/h1-8H. The number of benzene rings is 2. The summed E-state index contributed by atoms with van der Waals surface area (Å²) in [5.74, 6) is 0. The second kappa shape index (κ2) is 4.07. The Bertz CT molecular complexity index is 676. The van der Waals surface area contributed by atoms with Crippen LogP contribution in [0.15, 0.2) is 53.7 Å². The van der Waals surface area contributed by atoms with Gasteiger partial charge in [-0.25, -0.2) is 4.98 Å². The highest BCUT2D eigenvalue weighted by atomic mass is 32.1. The Balaban J connectivity index is 2.17. The van der Waals surface area contributed by atoms with Crippen molar-refractivity contribution < 1.29 is 0 Å². The second-order valence-corrected chi connectivity index (χ2v) is 4.66. The molecule has 0 spiro atoms. The summed E-state index contributed by atoms with van der Waals surface area (Å²) in [5.41, 5.74) is 2.34. The third-order valence-corrected chi connectivity index (χ3v) is 3.58. The molecule has 3 aromatic rings. The third-order valence-electron chi connectivity index (χ3n) is 2.50. The summed E-state index contributed by atoms with van der Waals surface area (Å²) >= 11 is 1.61. The fraction of sp³-hybridized carbons (Fsp3) is 0. The first kappa shape index (κ1) is 10.1. The molecule has 0 aliphatic carbocycles. The van der Waals surface area contributed by atoms with E-state index < -0.39 is 0 Å². The highest BCUT2D eigenvalue weighted by Crippen LogP contribution is 2.31. The molecule has 3 rings (SSSR count). The molecule has 0 saturated carbocycles. The summed E-state index contributed by atoms with van der Waals surface area (Å²) in [5, 5.41) is 3.88. The average Bonchev–Trinajstić information content (AvgIpc) is 2.82. The lowest BCUT2D eigenvalue weighted by Crippen LogP contribution is -1.73. The fourth-order valence-electron chi connectivity index (χ4n) is 1.68. The van der Waals surface area contributed by atoms with E-state index in [4.69, 9.17) is 0 Å². The number of aromatic nitrogens is 1. The van der Waals surface area contributed by atoms with Crippen molar-refractivity contribution in [3.63, 3.8) is 0 Å². The first-order chi connectivity index (χ1) is 8.36. The van der Waals surface area contributed by atoms with E-state index in [0.29, 0.717) is 5.69 Å². The maximum absolute atomic E-state index is 10.5. The maximum atomic E-state index is 10.5. The molecule has 0 aliphatic rings. The van der Waals surface area contributed by atoms with Crippen molar-refractivity contribution in [1.82, 2.24) is 4.98 Å². The van der Waals surface area contributed by atoms with E-state index >= 15 is 0 Å². The van der Waals surface area contributed by atoms with Crippen LogP contribution in [0.2, 0.25) is 0 Å². The van der Waals surface area contributed by atoms with Gasteiger partial charge in [-0.1, -0.05) is 30.3 Å². The number of thiazole rings is 1. The van der Waals surface area contributed by atoms with Gasteiger partial charge in [0.15, 0.2) is 0 Å². The molecule has 17 heavy (non-hydrogen) atoms. The Morgan fingerprint density at radius 1 is 1.06 bits per heavy atom. The van der Waals surface area contributed by atoms with Gasteiger partial charge in [-0.2, -0.15) is 0 Å². The first-order valence-electron chi connectivity index (χ1n) is 5.16. The van der Waals surface area contributed by atoms with Crippen LogP contribution in [0.5, 0.6) is 0 Å². The van der Waals surface area contributed by atoms with Gasteiger partial charge in [0.2, 0.25) is 0 Å². The minimum absolute atomic E-state index is 0.419. The molecule has 2 aromatic carbocycles. The highest BCUT2D eigenvalue weighted by molar-refractivity contribution is 7.21. The molecule has 0 radical (unpaired) electrons. The quantitative estimate of drug-likeness (QED) is 0.624. The van der Waals surface area contributed by atoms with Crippen LogP contribution in [0, 0.1) is 4.91 Å². The van der Waals surface area contributed by atoms with E-state index in [9.17, 15) is 4.91 Å². The number of nitroso groups, excluding NO2 is 1. The summed E-state index contributed by atoms with van der Waals surface area (Å²) in [6, 6.07) is 15.3. The van der Waals surface area contributed by atoms with Crippen molar-refractivity contribution in [3.05, 3.63) is 53.4 Å². The van der Waals surface area contributed by atoms with Crippen LogP contribution in [0.25, 0.3) is 20.8 Å². The van der Waals surface area contributed by atoms with Crippen molar-refractivity contribution in [2.45, 2.75) is 0 Å². The van der Waals surface area contributed by atoms with Crippen molar-refractivity contribution in [1.29, 1.82) is 0 Å². The summed E-state index contributed by atoms with van der Waals surface area (Å²) in [6.07, 6.45) is 0. The van der Waals surface area contributed by atoms with Gasteiger partial charge in [0.05, 0.1) is 10.2 Å². The van der Waals surface area contributed by atoms with E-state index in [1.54, 1.807) is 23.5 Å². The van der Waals surface area contributed by atoms with Crippen LogP contribution < -0.4 is 0 Å². The molecule has 0 fully saturated rings. The number of fused-ring (bicyclic) bond motifs is 1. The summed E-state index contributed by atoms with van der Waals surface area (Å²) in [6.45, 7) is 0. The van der Waals surface area contributed by atoms with Gasteiger partial charge in [-0.15, -0.1) is 16.2 Å². The largest absolute Gasteiger partial charge is 0.236 e. The highest BCUT2D eigenvalue weighted by Gasteiger charge is 2.06. The van der Waals surface area contributed by atoms with Gasteiger partial charge >= 0.3 is 0 Å². The lowest BCUT2D eigenvalue weighted by molar-refractivity contribution is 1.45. The number of hydrogen-bond acceptors (Lipinski definition) is 4. The molecule has 82 valence electrons. The maximum Gasteiger partial charge on any atom is 0.124 e. The van der Waals surface area contributed by atoms with E-state index in [2.05, 4.69) is 10.2 Å². The molecule has 1 aromatic heterocycles. The molecule has 0 saturated heterocycles. The average molecular weight is 240 g/mol. The minimum Gasteiger partial charge on any atom is -0.236 e. The predicted molar refractivity (Wildman–Crippen MR) is 70.5 cm³/mol. The van der Waals surface area contributed by atoms with Crippen LogP contribution >= 0.6 is 11.3 Å². The van der Waals surface area contributed by atoms with Crippen LogP contribution in [0.1, 0.15) is 0 Å². The predicted octanol–water partition coefficient (Wildman–Crippen LogP) is 4.36. The van der Waals surface area contributed by atoms with E-state index in [-0.39, 0.29) is 0 Å². The smallest absolute Gasteiger partial charge is 0.124 e. The van der Waals surface area contributed by atoms with Crippen molar-refractivity contribution in [3.8, 4) is 10.6 Å². The molecule has 0 N–H and O–H groups in total. The van der Waals surface area contributed by atoms with Crippen molar-refractivity contribution in [2.24, 2.45) is 5.18 Å². The Hall–Kier alpha value is -2.07. The first-order valence-corrected chi connectivity index (χ1v) is 5.98. The molecule has 0 aliphatic heterocycles. The molecular weight excluding hydrogens is 232 g/mol. The van der Waals surface area contributed by atoms with Gasteiger partial charge in [-0.05, 0) is 23.4 Å². The molecule has 0 bridgehead atoms. The summed E-state index contributed by atoms with van der Waals surface area (Å²) in [4.78, 5) is 15.0. The zero-order chi connectivity index (χ0) is 11.7. The lowest BCUT2D eigenvalue weighted by Gasteiger charge is -1.92. The fourth-order valence-corrected chi connectivity index (χ4v) is 2.63. The van der Waals surface area contributed by atoms with Gasteiger partial charge in [0.25, 0.3) is 0 Å². The number of nitrogens with zero attached hydrogens (tertiary/aromatic N) is 2.